The monoisotopic (exact) mass is 452 g/mol. The topological polar surface area (TPSA) is 46.2 Å². The number of fused-ring (bicyclic) bond motifs is 1. The Morgan fingerprint density at radius 1 is 1.00 bits per heavy atom. The lowest BCUT2D eigenvalue weighted by Crippen LogP contribution is -2.45. The Balaban J connectivity index is 2.25. The Kier molecular flexibility index (Phi) is 7.44. The normalized spacial score (nSPS) is 30.8. The molecule has 170 valence electrons. The molecule has 0 aliphatic carbocycles. The summed E-state index contributed by atoms with van der Waals surface area (Å²) in [5, 5.41) is 0.112. The Morgan fingerprint density at radius 2 is 1.63 bits per heavy atom. The van der Waals surface area contributed by atoms with Crippen LogP contribution in [-0.2, 0) is 23.4 Å². The number of hydrogen-bond donors (Lipinski definition) is 0. The third-order valence-electron chi connectivity index (χ3n) is 5.73. The van der Waals surface area contributed by atoms with Crippen molar-refractivity contribution in [2.45, 2.75) is 109 Å². The Hall–Kier alpha value is -0.646. The van der Waals surface area contributed by atoms with E-state index in [-0.39, 0.29) is 23.9 Å². The fraction of sp³-hybridized carbons (Fsp3) is 0.826. The van der Waals surface area contributed by atoms with Crippen molar-refractivity contribution in [2.24, 2.45) is 0 Å². The predicted octanol–water partition coefficient (Wildman–Crippen LogP) is 4.54. The molecule has 5 nitrogen and oxygen atoms in total. The second-order valence-electron chi connectivity index (χ2n) is 11.1. The average Bonchev–Trinajstić information content (AvgIpc) is 3.01. The Morgan fingerprint density at radius 3 is 2.17 bits per heavy atom. The second kappa shape index (κ2) is 8.71. The summed E-state index contributed by atoms with van der Waals surface area (Å²) in [5.74, 6) is 7.29. The van der Waals surface area contributed by atoms with E-state index in [2.05, 4.69) is 76.8 Å². The summed E-state index contributed by atoms with van der Waals surface area (Å²) in [5.41, 5.74) is 3.32. The Labute approximate surface area is 185 Å². The van der Waals surface area contributed by atoms with Crippen LogP contribution in [0, 0.1) is 23.3 Å². The lowest BCUT2D eigenvalue weighted by Gasteiger charge is -2.37. The third-order valence-corrected chi connectivity index (χ3v) is 11.2. The maximum atomic E-state index is 6.45. The van der Waals surface area contributed by atoms with Gasteiger partial charge in [-0.2, -0.15) is 0 Å². The minimum Gasteiger partial charge on any atom is -0.414 e. The molecule has 0 aromatic heterocycles. The molecule has 4 atom stereocenters. The van der Waals surface area contributed by atoms with E-state index < -0.39 is 34.1 Å². The molecule has 0 N–H and O–H groups in total. The van der Waals surface area contributed by atoms with E-state index in [9.17, 15) is 0 Å². The largest absolute Gasteiger partial charge is 0.414 e. The van der Waals surface area contributed by atoms with Crippen LogP contribution in [0.4, 0.5) is 0 Å². The van der Waals surface area contributed by atoms with Crippen LogP contribution in [0.15, 0.2) is 0 Å². The highest BCUT2D eigenvalue weighted by Gasteiger charge is 2.64. The number of ether oxygens (including phenoxy) is 4. The predicted molar refractivity (Wildman–Crippen MR) is 125 cm³/mol. The smallest absolute Gasteiger partial charge is 0.265 e. The fourth-order valence-electron chi connectivity index (χ4n) is 3.22. The van der Waals surface area contributed by atoms with Crippen LogP contribution >= 0.6 is 0 Å². The first-order valence-electron chi connectivity index (χ1n) is 10.8. The van der Waals surface area contributed by atoms with Crippen molar-refractivity contribution in [3.8, 4) is 23.3 Å². The quantitative estimate of drug-likeness (QED) is 0.452. The molecule has 2 aliphatic rings. The first-order chi connectivity index (χ1) is 13.5. The van der Waals surface area contributed by atoms with Gasteiger partial charge in [0, 0.05) is 0 Å². The fourth-order valence-corrected chi connectivity index (χ4v) is 4.84. The van der Waals surface area contributed by atoms with Crippen LogP contribution in [0.1, 0.15) is 41.5 Å². The summed E-state index contributed by atoms with van der Waals surface area (Å²) in [6.45, 7) is 24.0. The van der Waals surface area contributed by atoms with Crippen molar-refractivity contribution in [1.29, 1.82) is 0 Å². The summed E-state index contributed by atoms with van der Waals surface area (Å²) >= 11 is 0. The molecule has 1 unspecified atom stereocenters. The standard InChI is InChI=1S/C23H40O5Si2/c1-12-14-23(24-15-13-16-29(7,8)9)20-19(27-22(5,6)28-20)18(26-23)17-25-30(10,11)21(2,3)4/h18-20H,15,17H2,1-11H3/t18-,19-,20-,23?/m1/s1. The molecule has 0 saturated carbocycles. The van der Waals surface area contributed by atoms with Gasteiger partial charge in [-0.15, -0.1) is 11.5 Å². The zero-order valence-corrected chi connectivity index (χ0v) is 22.7. The first kappa shape index (κ1) is 25.6. The van der Waals surface area contributed by atoms with Crippen LogP contribution < -0.4 is 0 Å². The lowest BCUT2D eigenvalue weighted by molar-refractivity contribution is -0.264. The van der Waals surface area contributed by atoms with Crippen LogP contribution in [0.25, 0.3) is 0 Å². The molecule has 2 fully saturated rings. The van der Waals surface area contributed by atoms with Crippen molar-refractivity contribution < 1.29 is 23.4 Å². The molecule has 0 radical (unpaired) electrons. The Bertz CT molecular complexity index is 742. The van der Waals surface area contributed by atoms with Crippen molar-refractivity contribution in [1.82, 2.24) is 0 Å². The maximum Gasteiger partial charge on any atom is 0.265 e. The molecule has 2 heterocycles. The van der Waals surface area contributed by atoms with Gasteiger partial charge >= 0.3 is 0 Å². The van der Waals surface area contributed by atoms with Gasteiger partial charge in [-0.1, -0.05) is 46.3 Å². The van der Waals surface area contributed by atoms with Crippen molar-refractivity contribution >= 4 is 16.4 Å². The zero-order chi connectivity index (χ0) is 23.0. The summed E-state index contributed by atoms with van der Waals surface area (Å²) < 4.78 is 31.4. The summed E-state index contributed by atoms with van der Waals surface area (Å²) in [6, 6.07) is 0. The van der Waals surface area contributed by atoms with E-state index in [1.165, 1.54) is 0 Å². The SMILES string of the molecule is CC#CC1(OCC#C[Si](C)(C)C)O[C@H](CO[Si](C)(C)C(C)(C)C)[C@H]2OC(C)(C)O[C@H]21. The third kappa shape index (κ3) is 5.98. The highest BCUT2D eigenvalue weighted by molar-refractivity contribution is 6.83. The second-order valence-corrected chi connectivity index (χ2v) is 20.7. The summed E-state index contributed by atoms with van der Waals surface area (Å²) in [6.07, 6.45) is -1.09. The molecule has 2 rings (SSSR count). The van der Waals surface area contributed by atoms with Gasteiger partial charge in [0.05, 0.1) is 6.61 Å². The van der Waals surface area contributed by atoms with Crippen LogP contribution in [0.3, 0.4) is 0 Å². The lowest BCUT2D eigenvalue weighted by atomic mass is 10.1. The molecular weight excluding hydrogens is 412 g/mol. The van der Waals surface area contributed by atoms with E-state index in [1.54, 1.807) is 6.92 Å². The average molecular weight is 453 g/mol. The van der Waals surface area contributed by atoms with Crippen molar-refractivity contribution in [3.63, 3.8) is 0 Å². The van der Waals surface area contributed by atoms with Crippen molar-refractivity contribution in [3.05, 3.63) is 0 Å². The van der Waals surface area contributed by atoms with Gasteiger partial charge in [0.25, 0.3) is 5.79 Å². The zero-order valence-electron chi connectivity index (χ0n) is 20.7. The highest BCUT2D eigenvalue weighted by atomic mass is 28.4. The van der Waals surface area contributed by atoms with Gasteiger partial charge in [0.2, 0.25) is 0 Å². The maximum absolute atomic E-state index is 6.45. The van der Waals surface area contributed by atoms with Gasteiger partial charge < -0.3 is 23.4 Å². The van der Waals surface area contributed by atoms with Gasteiger partial charge in [0.1, 0.15) is 26.9 Å². The van der Waals surface area contributed by atoms with E-state index >= 15 is 0 Å². The van der Waals surface area contributed by atoms with Crippen molar-refractivity contribution in [2.75, 3.05) is 13.2 Å². The van der Waals surface area contributed by atoms with Gasteiger partial charge in [0.15, 0.2) is 20.2 Å². The molecule has 0 aromatic rings. The van der Waals surface area contributed by atoms with Crippen LogP contribution in [-0.4, -0.2) is 59.5 Å². The van der Waals surface area contributed by atoms with E-state index in [1.807, 2.05) is 13.8 Å². The molecule has 2 saturated heterocycles. The molecular formula is C23H40O5Si2. The molecule has 0 spiro atoms. The molecule has 30 heavy (non-hydrogen) atoms. The summed E-state index contributed by atoms with van der Waals surface area (Å²) in [7, 11) is -3.42. The molecule has 0 amide bonds. The van der Waals surface area contributed by atoms with Gasteiger partial charge in [-0.05, 0) is 44.8 Å². The summed E-state index contributed by atoms with van der Waals surface area (Å²) in [4.78, 5) is 0. The molecule has 0 bridgehead atoms. The van der Waals surface area contributed by atoms with Crippen LogP contribution in [0.2, 0.25) is 37.8 Å². The highest BCUT2D eigenvalue weighted by Crippen LogP contribution is 2.45. The molecule has 7 heteroatoms. The van der Waals surface area contributed by atoms with E-state index in [4.69, 9.17) is 23.4 Å². The van der Waals surface area contributed by atoms with Gasteiger partial charge in [-0.3, -0.25) is 0 Å². The molecule has 2 aliphatic heterocycles. The van der Waals surface area contributed by atoms with Gasteiger partial charge in [-0.25, -0.2) is 0 Å². The van der Waals surface area contributed by atoms with E-state index in [0.29, 0.717) is 6.61 Å². The minimum atomic E-state index is -1.94. The molecule has 0 aromatic carbocycles. The van der Waals surface area contributed by atoms with Crippen LogP contribution in [0.5, 0.6) is 0 Å². The number of hydrogen-bond acceptors (Lipinski definition) is 5. The van der Waals surface area contributed by atoms with E-state index in [0.717, 1.165) is 0 Å². The minimum absolute atomic E-state index is 0.112. The first-order valence-corrected chi connectivity index (χ1v) is 17.2. The number of rotatable bonds is 5.